The van der Waals surface area contributed by atoms with Gasteiger partial charge >= 0.3 is 0 Å². The zero-order chi connectivity index (χ0) is 16.8. The minimum absolute atomic E-state index is 0.0683. The first-order valence-electron chi connectivity index (χ1n) is 8.13. The maximum Gasteiger partial charge on any atom is 0.222 e. The van der Waals surface area contributed by atoms with Gasteiger partial charge in [-0.25, -0.2) is 0 Å². The van der Waals surface area contributed by atoms with Gasteiger partial charge in [0.15, 0.2) is 0 Å². The molecule has 0 spiro atoms. The van der Waals surface area contributed by atoms with E-state index in [1.807, 2.05) is 66.4 Å². The van der Waals surface area contributed by atoms with E-state index in [1.54, 1.807) is 0 Å². The third-order valence-electron chi connectivity index (χ3n) is 4.07. The number of hydrogen-bond acceptors (Lipinski definition) is 3. The minimum Gasteiger partial charge on any atom is -0.345 e. The van der Waals surface area contributed by atoms with Crippen LogP contribution in [0.4, 0.5) is 0 Å². The molecule has 5 heteroatoms. The number of halogens is 1. The Hall–Kier alpha value is -1.49. The van der Waals surface area contributed by atoms with Crippen LogP contribution in [0.1, 0.15) is 23.6 Å². The van der Waals surface area contributed by atoms with E-state index in [0.29, 0.717) is 11.4 Å². The van der Waals surface area contributed by atoms with E-state index >= 15 is 0 Å². The molecule has 2 aromatic rings. The Morgan fingerprint density at radius 2 is 1.88 bits per heavy atom. The van der Waals surface area contributed by atoms with Gasteiger partial charge in [0.2, 0.25) is 5.91 Å². The van der Waals surface area contributed by atoms with Crippen molar-refractivity contribution in [3.05, 3.63) is 70.7 Å². The molecule has 1 fully saturated rings. The summed E-state index contributed by atoms with van der Waals surface area (Å²) in [6.07, 6.45) is 0.504. The van der Waals surface area contributed by atoms with E-state index in [4.69, 9.17) is 11.6 Å². The van der Waals surface area contributed by atoms with Crippen LogP contribution in [0.15, 0.2) is 54.6 Å². The van der Waals surface area contributed by atoms with E-state index in [0.717, 1.165) is 29.2 Å². The summed E-state index contributed by atoms with van der Waals surface area (Å²) in [5.74, 6) is 2.18. The Kier molecular flexibility index (Phi) is 6.18. The summed E-state index contributed by atoms with van der Waals surface area (Å²) < 4.78 is 0. The third kappa shape index (κ3) is 4.76. The Morgan fingerprint density at radius 1 is 1.17 bits per heavy atom. The highest BCUT2D eigenvalue weighted by molar-refractivity contribution is 7.99. The predicted octanol–water partition coefficient (Wildman–Crippen LogP) is 3.64. The molecule has 0 radical (unpaired) electrons. The second kappa shape index (κ2) is 8.56. The van der Waals surface area contributed by atoms with Gasteiger partial charge in [0.1, 0.15) is 0 Å². The molecule has 1 heterocycles. The molecule has 0 saturated carbocycles. The summed E-state index contributed by atoms with van der Waals surface area (Å²) in [4.78, 5) is 12.5. The molecule has 0 aliphatic carbocycles. The quantitative estimate of drug-likeness (QED) is 0.855. The molecule has 0 bridgehead atoms. The lowest BCUT2D eigenvalue weighted by molar-refractivity contribution is -0.122. The number of carbonyl (C=O) groups excluding carboxylic acids is 1. The highest BCUT2D eigenvalue weighted by Crippen LogP contribution is 2.24. The fourth-order valence-corrected chi connectivity index (χ4v) is 3.93. The Bertz CT molecular complexity index is 657. The molecule has 3 rings (SSSR count). The van der Waals surface area contributed by atoms with Crippen LogP contribution in [0, 0.1) is 0 Å². The van der Waals surface area contributed by atoms with Gasteiger partial charge in [-0.1, -0.05) is 54.1 Å². The highest BCUT2D eigenvalue weighted by Gasteiger charge is 2.21. The number of amides is 1. The van der Waals surface area contributed by atoms with Crippen molar-refractivity contribution in [2.24, 2.45) is 0 Å². The van der Waals surface area contributed by atoms with Crippen molar-refractivity contribution < 1.29 is 4.79 Å². The van der Waals surface area contributed by atoms with Gasteiger partial charge in [-0.15, -0.1) is 0 Å². The first-order chi connectivity index (χ1) is 11.7. The van der Waals surface area contributed by atoms with Crippen LogP contribution in [0.5, 0.6) is 0 Å². The maximum atomic E-state index is 12.5. The summed E-state index contributed by atoms with van der Waals surface area (Å²) >= 11 is 7.90. The number of hydrogen-bond donors (Lipinski definition) is 2. The lowest BCUT2D eigenvalue weighted by atomic mass is 9.98. The molecule has 2 unspecified atom stereocenters. The Morgan fingerprint density at radius 3 is 2.54 bits per heavy atom. The lowest BCUT2D eigenvalue weighted by Crippen LogP contribution is -2.42. The van der Waals surface area contributed by atoms with E-state index in [2.05, 4.69) is 10.6 Å². The molecular formula is C19H21ClN2OS. The van der Waals surface area contributed by atoms with Crippen LogP contribution in [-0.4, -0.2) is 30.0 Å². The SMILES string of the molecule is O=C(CC1CSCCN1)NC(c1ccccc1)c1ccc(Cl)cc1. The average Bonchev–Trinajstić information content (AvgIpc) is 2.62. The summed E-state index contributed by atoms with van der Waals surface area (Å²) in [5, 5.41) is 7.29. The van der Waals surface area contributed by atoms with Crippen LogP contribution >= 0.6 is 23.4 Å². The summed E-state index contributed by atoms with van der Waals surface area (Å²) in [7, 11) is 0. The average molecular weight is 361 g/mol. The largest absolute Gasteiger partial charge is 0.345 e. The van der Waals surface area contributed by atoms with Crippen molar-refractivity contribution >= 4 is 29.3 Å². The van der Waals surface area contributed by atoms with Gasteiger partial charge in [-0.05, 0) is 23.3 Å². The number of nitrogens with one attached hydrogen (secondary N) is 2. The number of carbonyl (C=O) groups is 1. The lowest BCUT2D eigenvalue weighted by Gasteiger charge is -2.25. The van der Waals surface area contributed by atoms with Gasteiger partial charge in [0, 0.05) is 35.5 Å². The summed E-state index contributed by atoms with van der Waals surface area (Å²) in [5.41, 5.74) is 2.10. The van der Waals surface area contributed by atoms with Crippen LogP contribution in [0.2, 0.25) is 5.02 Å². The molecule has 0 aromatic heterocycles. The first kappa shape index (κ1) is 17.3. The number of thioether (sulfide) groups is 1. The van der Waals surface area contributed by atoms with Crippen molar-refractivity contribution in [2.45, 2.75) is 18.5 Å². The monoisotopic (exact) mass is 360 g/mol. The van der Waals surface area contributed by atoms with Gasteiger partial charge in [-0.2, -0.15) is 11.8 Å². The standard InChI is InChI=1S/C19H21ClN2OS/c20-16-8-6-15(7-9-16)19(14-4-2-1-3-5-14)22-18(23)12-17-13-24-11-10-21-17/h1-9,17,19,21H,10-13H2,(H,22,23). The van der Waals surface area contributed by atoms with E-state index < -0.39 is 0 Å². The van der Waals surface area contributed by atoms with Crippen molar-refractivity contribution in [1.82, 2.24) is 10.6 Å². The Labute approximate surface area is 152 Å². The van der Waals surface area contributed by atoms with Gasteiger partial charge in [0.25, 0.3) is 0 Å². The third-order valence-corrected chi connectivity index (χ3v) is 5.45. The molecule has 2 N–H and O–H groups in total. The first-order valence-corrected chi connectivity index (χ1v) is 9.66. The minimum atomic E-state index is -0.160. The number of rotatable bonds is 5. The molecule has 2 atom stereocenters. The maximum absolute atomic E-state index is 12.5. The van der Waals surface area contributed by atoms with Crippen molar-refractivity contribution in [3.8, 4) is 0 Å². The van der Waals surface area contributed by atoms with E-state index in [1.165, 1.54) is 0 Å². The smallest absolute Gasteiger partial charge is 0.222 e. The number of benzene rings is 2. The zero-order valence-electron chi connectivity index (χ0n) is 13.4. The second-order valence-electron chi connectivity index (χ2n) is 5.89. The molecule has 1 amide bonds. The molecule has 1 aliphatic heterocycles. The topological polar surface area (TPSA) is 41.1 Å². The van der Waals surface area contributed by atoms with Gasteiger partial charge < -0.3 is 10.6 Å². The fourth-order valence-electron chi connectivity index (χ4n) is 2.85. The van der Waals surface area contributed by atoms with Crippen molar-refractivity contribution in [2.75, 3.05) is 18.1 Å². The van der Waals surface area contributed by atoms with Gasteiger partial charge in [-0.3, -0.25) is 4.79 Å². The molecule has 24 heavy (non-hydrogen) atoms. The van der Waals surface area contributed by atoms with E-state index in [-0.39, 0.29) is 18.0 Å². The molecular weight excluding hydrogens is 340 g/mol. The van der Waals surface area contributed by atoms with Crippen LogP contribution in [0.3, 0.4) is 0 Å². The van der Waals surface area contributed by atoms with E-state index in [9.17, 15) is 4.79 Å². The molecule has 126 valence electrons. The second-order valence-corrected chi connectivity index (χ2v) is 7.48. The van der Waals surface area contributed by atoms with Crippen LogP contribution in [-0.2, 0) is 4.79 Å². The molecule has 1 aliphatic rings. The molecule has 3 nitrogen and oxygen atoms in total. The van der Waals surface area contributed by atoms with Gasteiger partial charge in [0.05, 0.1) is 6.04 Å². The van der Waals surface area contributed by atoms with Crippen molar-refractivity contribution in [1.29, 1.82) is 0 Å². The zero-order valence-corrected chi connectivity index (χ0v) is 14.9. The molecule has 2 aromatic carbocycles. The Balaban J connectivity index is 1.74. The summed E-state index contributed by atoms with van der Waals surface area (Å²) in [6, 6.07) is 17.8. The van der Waals surface area contributed by atoms with Crippen LogP contribution < -0.4 is 10.6 Å². The normalized spacial score (nSPS) is 18.8. The fraction of sp³-hybridized carbons (Fsp3) is 0.316. The molecule has 1 saturated heterocycles. The van der Waals surface area contributed by atoms with Crippen LogP contribution in [0.25, 0.3) is 0 Å². The van der Waals surface area contributed by atoms with Crippen molar-refractivity contribution in [3.63, 3.8) is 0 Å². The highest BCUT2D eigenvalue weighted by atomic mass is 35.5. The predicted molar refractivity (Wildman–Crippen MR) is 102 cm³/mol. The summed E-state index contributed by atoms with van der Waals surface area (Å²) in [6.45, 7) is 0.974.